The van der Waals surface area contributed by atoms with E-state index in [0.717, 1.165) is 45.0 Å². The monoisotopic (exact) mass is 442 g/mol. The van der Waals surface area contributed by atoms with E-state index in [0.29, 0.717) is 18.9 Å². The number of hydrogen-bond donors (Lipinski definition) is 1. The third-order valence-corrected chi connectivity index (χ3v) is 5.09. The summed E-state index contributed by atoms with van der Waals surface area (Å²) in [6.07, 6.45) is 9.82. The number of unbranched alkanes of at least 4 members (excludes halogenated alkanes) is 7. The van der Waals surface area contributed by atoms with Gasteiger partial charge in [0.1, 0.15) is 12.4 Å². The van der Waals surface area contributed by atoms with Crippen molar-refractivity contribution in [3.05, 3.63) is 24.3 Å². The predicted molar refractivity (Wildman–Crippen MR) is 124 cm³/mol. The fraction of sp³-hybridized carbons (Fsp3) is 0.696. The van der Waals surface area contributed by atoms with Gasteiger partial charge < -0.3 is 14.2 Å². The van der Waals surface area contributed by atoms with Crippen LogP contribution < -0.4 is 10.1 Å². The molecule has 1 N–H and O–H groups in total. The summed E-state index contributed by atoms with van der Waals surface area (Å²) in [5.41, 5.74) is 0.690. The van der Waals surface area contributed by atoms with Crippen molar-refractivity contribution in [3.63, 3.8) is 0 Å². The molecule has 0 spiro atoms. The largest absolute Gasteiger partial charge is 0.494 e. The normalized spacial score (nSPS) is 14.0. The maximum absolute atomic E-state index is 12.0. The van der Waals surface area contributed by atoms with Gasteiger partial charge in [0, 0.05) is 31.4 Å². The summed E-state index contributed by atoms with van der Waals surface area (Å²) >= 11 is 0. The molecule has 2 rings (SSSR count). The zero-order valence-corrected chi connectivity index (χ0v) is 19.2. The molecule has 0 radical (unpaired) electrons. The van der Waals surface area contributed by atoms with E-state index in [1.165, 1.54) is 44.9 Å². The highest BCUT2D eigenvalue weighted by molar-refractivity contribution is 5.85. The van der Waals surface area contributed by atoms with Crippen LogP contribution >= 0.6 is 12.4 Å². The minimum atomic E-state index is -0.432. The fourth-order valence-corrected chi connectivity index (χ4v) is 3.34. The Morgan fingerprint density at radius 1 is 1.03 bits per heavy atom. The first-order chi connectivity index (χ1) is 14.3. The van der Waals surface area contributed by atoms with Gasteiger partial charge >= 0.3 is 6.09 Å². The maximum Gasteiger partial charge on any atom is 0.411 e. The Morgan fingerprint density at radius 2 is 1.73 bits per heavy atom. The second-order valence-corrected chi connectivity index (χ2v) is 7.57. The third kappa shape index (κ3) is 12.3. The third-order valence-electron chi connectivity index (χ3n) is 5.09. The van der Waals surface area contributed by atoms with Gasteiger partial charge in [0.15, 0.2) is 0 Å². The smallest absolute Gasteiger partial charge is 0.411 e. The van der Waals surface area contributed by atoms with Crippen LogP contribution in [0.3, 0.4) is 0 Å². The molecule has 1 aromatic carbocycles. The van der Waals surface area contributed by atoms with Crippen molar-refractivity contribution in [3.8, 4) is 5.75 Å². The van der Waals surface area contributed by atoms with E-state index in [2.05, 4.69) is 17.1 Å². The zero-order valence-electron chi connectivity index (χ0n) is 18.4. The van der Waals surface area contributed by atoms with Crippen molar-refractivity contribution in [1.29, 1.82) is 0 Å². The SMILES string of the molecule is CCCCCCCCCCOc1cccc(NC(=O)OCCN2CCOCC2)c1.Cl. The number of carbonyl (C=O) groups excluding carboxylic acids is 1. The Kier molecular flexibility index (Phi) is 15.2. The topological polar surface area (TPSA) is 60.0 Å². The van der Waals surface area contributed by atoms with Crippen LogP contribution in [0, 0.1) is 0 Å². The number of ether oxygens (including phenoxy) is 3. The molecule has 1 amide bonds. The Hall–Kier alpha value is -1.50. The van der Waals surface area contributed by atoms with Crippen LogP contribution in [-0.4, -0.2) is 57.1 Å². The minimum Gasteiger partial charge on any atom is -0.494 e. The second-order valence-electron chi connectivity index (χ2n) is 7.57. The molecule has 1 fully saturated rings. The van der Waals surface area contributed by atoms with Crippen molar-refractivity contribution >= 4 is 24.2 Å². The lowest BCUT2D eigenvalue weighted by molar-refractivity contribution is 0.0290. The highest BCUT2D eigenvalue weighted by Crippen LogP contribution is 2.18. The molecule has 1 aromatic rings. The molecule has 30 heavy (non-hydrogen) atoms. The van der Waals surface area contributed by atoms with Gasteiger partial charge in [-0.3, -0.25) is 10.2 Å². The second kappa shape index (κ2) is 17.2. The summed E-state index contributed by atoms with van der Waals surface area (Å²) in [6.45, 7) is 7.35. The standard InChI is InChI=1S/C23H38N2O4.ClH/c1-2-3-4-5-6-7-8-9-16-28-22-12-10-11-21(20-22)24-23(26)29-19-15-25-13-17-27-18-14-25;/h10-12,20H,2-9,13-19H2,1H3,(H,24,26);1H. The van der Waals surface area contributed by atoms with Gasteiger partial charge in [0.05, 0.1) is 19.8 Å². The van der Waals surface area contributed by atoms with Crippen LogP contribution in [0.2, 0.25) is 0 Å². The molecule has 1 saturated heterocycles. The van der Waals surface area contributed by atoms with Gasteiger partial charge in [0.25, 0.3) is 0 Å². The number of morpholine rings is 1. The number of anilines is 1. The van der Waals surface area contributed by atoms with E-state index in [-0.39, 0.29) is 12.4 Å². The fourth-order valence-electron chi connectivity index (χ4n) is 3.34. The summed E-state index contributed by atoms with van der Waals surface area (Å²) in [7, 11) is 0. The molecule has 1 aliphatic rings. The van der Waals surface area contributed by atoms with Gasteiger partial charge in [-0.05, 0) is 18.6 Å². The first-order valence-electron chi connectivity index (χ1n) is 11.2. The first kappa shape index (κ1) is 26.5. The van der Waals surface area contributed by atoms with Gasteiger partial charge in [-0.15, -0.1) is 12.4 Å². The van der Waals surface area contributed by atoms with Gasteiger partial charge in [0.2, 0.25) is 0 Å². The number of hydrogen-bond acceptors (Lipinski definition) is 5. The number of nitrogens with zero attached hydrogens (tertiary/aromatic N) is 1. The molecule has 0 aliphatic carbocycles. The molecule has 6 nitrogen and oxygen atoms in total. The number of benzene rings is 1. The van der Waals surface area contributed by atoms with Gasteiger partial charge in [-0.1, -0.05) is 57.9 Å². The molecular weight excluding hydrogens is 404 g/mol. The molecular formula is C23H39ClN2O4. The van der Waals surface area contributed by atoms with E-state index >= 15 is 0 Å². The van der Waals surface area contributed by atoms with Crippen molar-refractivity contribution in [2.45, 2.75) is 58.3 Å². The van der Waals surface area contributed by atoms with E-state index in [4.69, 9.17) is 14.2 Å². The Balaban J connectivity index is 0.00000450. The maximum atomic E-state index is 12.0. The van der Waals surface area contributed by atoms with Crippen LogP contribution in [0.4, 0.5) is 10.5 Å². The van der Waals surface area contributed by atoms with E-state index in [1.54, 1.807) is 0 Å². The number of halogens is 1. The average Bonchev–Trinajstić information content (AvgIpc) is 2.73. The Labute approximate surface area is 188 Å². The lowest BCUT2D eigenvalue weighted by Crippen LogP contribution is -2.38. The molecule has 0 unspecified atom stereocenters. The number of amides is 1. The van der Waals surface area contributed by atoms with Crippen LogP contribution in [-0.2, 0) is 9.47 Å². The quantitative estimate of drug-likeness (QED) is 0.385. The Bertz CT molecular complexity index is 568. The molecule has 1 heterocycles. The molecule has 7 heteroatoms. The molecule has 0 saturated carbocycles. The van der Waals surface area contributed by atoms with Crippen molar-refractivity contribution < 1.29 is 19.0 Å². The molecule has 0 bridgehead atoms. The molecule has 0 aromatic heterocycles. The summed E-state index contributed by atoms with van der Waals surface area (Å²) in [5.74, 6) is 0.777. The van der Waals surface area contributed by atoms with Crippen molar-refractivity contribution in [2.75, 3.05) is 51.4 Å². The van der Waals surface area contributed by atoms with E-state index < -0.39 is 6.09 Å². The molecule has 0 atom stereocenters. The summed E-state index contributed by atoms with van der Waals surface area (Å²) in [4.78, 5) is 14.2. The first-order valence-corrected chi connectivity index (χ1v) is 11.2. The molecule has 172 valence electrons. The van der Waals surface area contributed by atoms with Crippen LogP contribution in [0.1, 0.15) is 58.3 Å². The lowest BCUT2D eigenvalue weighted by Gasteiger charge is -2.26. The van der Waals surface area contributed by atoms with Crippen molar-refractivity contribution in [1.82, 2.24) is 4.90 Å². The van der Waals surface area contributed by atoms with E-state index in [1.807, 2.05) is 24.3 Å². The summed E-state index contributed by atoms with van der Waals surface area (Å²) in [5, 5.41) is 2.77. The summed E-state index contributed by atoms with van der Waals surface area (Å²) < 4.78 is 16.4. The zero-order chi connectivity index (χ0) is 20.6. The predicted octanol–water partition coefficient (Wildman–Crippen LogP) is 5.51. The van der Waals surface area contributed by atoms with Gasteiger partial charge in [-0.25, -0.2) is 4.79 Å². The number of rotatable bonds is 14. The van der Waals surface area contributed by atoms with Crippen LogP contribution in [0.15, 0.2) is 24.3 Å². The van der Waals surface area contributed by atoms with E-state index in [9.17, 15) is 4.79 Å². The van der Waals surface area contributed by atoms with Crippen LogP contribution in [0.25, 0.3) is 0 Å². The van der Waals surface area contributed by atoms with Crippen LogP contribution in [0.5, 0.6) is 5.75 Å². The number of carbonyl (C=O) groups is 1. The summed E-state index contributed by atoms with van der Waals surface area (Å²) in [6, 6.07) is 7.48. The highest BCUT2D eigenvalue weighted by atomic mass is 35.5. The highest BCUT2D eigenvalue weighted by Gasteiger charge is 2.11. The van der Waals surface area contributed by atoms with Crippen molar-refractivity contribution in [2.24, 2.45) is 0 Å². The number of nitrogens with one attached hydrogen (secondary N) is 1. The average molecular weight is 443 g/mol. The lowest BCUT2D eigenvalue weighted by atomic mass is 10.1. The Morgan fingerprint density at radius 3 is 2.47 bits per heavy atom. The molecule has 1 aliphatic heterocycles. The van der Waals surface area contributed by atoms with Gasteiger partial charge in [-0.2, -0.15) is 0 Å². The minimum absolute atomic E-state index is 0.